The average Bonchev–Trinajstić information content (AvgIpc) is 2.92. The lowest BCUT2D eigenvalue weighted by atomic mass is 10.2. The Bertz CT molecular complexity index is 1010. The minimum Gasteiger partial charge on any atom is -0.477 e. The van der Waals surface area contributed by atoms with Crippen LogP contribution in [0.15, 0.2) is 38.3 Å². The summed E-state index contributed by atoms with van der Waals surface area (Å²) in [6, 6.07) is 7.80. The van der Waals surface area contributed by atoms with Gasteiger partial charge in [-0.15, -0.1) is 0 Å². The van der Waals surface area contributed by atoms with Gasteiger partial charge in [0.25, 0.3) is 5.56 Å². The molecule has 1 aromatic carbocycles. The minimum absolute atomic E-state index is 0.318. The Balaban J connectivity index is 2.24. The second-order valence-corrected chi connectivity index (χ2v) is 6.34. The summed E-state index contributed by atoms with van der Waals surface area (Å²) in [6.45, 7) is 2.68. The van der Waals surface area contributed by atoms with Gasteiger partial charge >= 0.3 is 5.69 Å². The molecule has 0 saturated carbocycles. The van der Waals surface area contributed by atoms with Crippen molar-refractivity contribution in [3.05, 3.63) is 55.1 Å². The third-order valence-corrected chi connectivity index (χ3v) is 4.35. The number of rotatable bonds is 4. The average molecular weight is 393 g/mol. The summed E-state index contributed by atoms with van der Waals surface area (Å²) in [7, 11) is 3.04. The summed E-state index contributed by atoms with van der Waals surface area (Å²) in [5, 5.41) is 4.76. The van der Waals surface area contributed by atoms with Crippen LogP contribution < -0.4 is 16.0 Å². The highest BCUT2D eigenvalue weighted by atomic mass is 79.9. The first-order valence-corrected chi connectivity index (χ1v) is 8.27. The Kier molecular flexibility index (Phi) is 4.31. The van der Waals surface area contributed by atoms with Crippen LogP contribution in [0, 0.1) is 0 Å². The molecule has 2 aromatic heterocycles. The largest absolute Gasteiger partial charge is 0.477 e. The standard InChI is InChI=1S/C16H17BrN4O3/c1-4-24-15-12-13(19(2)16(23)20(3)14(12)22)18-21(15)9-10-5-7-11(17)8-6-10/h5-8H,4,9H2,1-3H3. The van der Waals surface area contributed by atoms with Crippen molar-refractivity contribution < 1.29 is 4.74 Å². The van der Waals surface area contributed by atoms with E-state index in [-0.39, 0.29) is 0 Å². The molecule has 0 N–H and O–H groups in total. The maximum Gasteiger partial charge on any atom is 0.332 e. The van der Waals surface area contributed by atoms with E-state index in [9.17, 15) is 9.59 Å². The van der Waals surface area contributed by atoms with Gasteiger partial charge in [0.05, 0.1) is 13.2 Å². The van der Waals surface area contributed by atoms with Gasteiger partial charge in [-0.3, -0.25) is 13.9 Å². The van der Waals surface area contributed by atoms with Crippen molar-refractivity contribution in [3.8, 4) is 5.88 Å². The van der Waals surface area contributed by atoms with Crippen molar-refractivity contribution in [2.45, 2.75) is 13.5 Å². The van der Waals surface area contributed by atoms with Gasteiger partial charge in [0.1, 0.15) is 5.39 Å². The van der Waals surface area contributed by atoms with Crippen LogP contribution >= 0.6 is 15.9 Å². The van der Waals surface area contributed by atoms with Gasteiger partial charge in [-0.1, -0.05) is 28.1 Å². The maximum absolute atomic E-state index is 12.5. The van der Waals surface area contributed by atoms with Crippen LogP contribution in [0.25, 0.3) is 11.0 Å². The molecule has 3 rings (SSSR count). The SMILES string of the molecule is CCOc1c2c(=O)n(C)c(=O)n(C)c2nn1Cc1ccc(Br)cc1. The second kappa shape index (κ2) is 6.27. The first kappa shape index (κ1) is 16.5. The summed E-state index contributed by atoms with van der Waals surface area (Å²) in [5.41, 5.74) is 0.514. The monoisotopic (exact) mass is 392 g/mol. The fourth-order valence-corrected chi connectivity index (χ4v) is 2.84. The van der Waals surface area contributed by atoms with E-state index in [1.54, 1.807) is 11.7 Å². The van der Waals surface area contributed by atoms with E-state index in [0.29, 0.717) is 30.1 Å². The van der Waals surface area contributed by atoms with Crippen molar-refractivity contribution >= 4 is 27.0 Å². The minimum atomic E-state index is -0.413. The fraction of sp³-hybridized carbons (Fsp3) is 0.312. The molecular formula is C16H17BrN4O3. The molecule has 0 radical (unpaired) electrons. The molecule has 8 heteroatoms. The molecule has 7 nitrogen and oxygen atoms in total. The molecule has 24 heavy (non-hydrogen) atoms. The zero-order valence-electron chi connectivity index (χ0n) is 13.6. The molecule has 0 amide bonds. The van der Waals surface area contributed by atoms with E-state index < -0.39 is 11.2 Å². The van der Waals surface area contributed by atoms with Crippen molar-refractivity contribution in [1.82, 2.24) is 18.9 Å². The van der Waals surface area contributed by atoms with E-state index in [2.05, 4.69) is 21.0 Å². The quantitative estimate of drug-likeness (QED) is 0.676. The molecule has 0 unspecified atom stereocenters. The van der Waals surface area contributed by atoms with E-state index in [0.717, 1.165) is 14.6 Å². The van der Waals surface area contributed by atoms with E-state index in [1.807, 2.05) is 31.2 Å². The van der Waals surface area contributed by atoms with Crippen LogP contribution in [0.1, 0.15) is 12.5 Å². The number of aromatic nitrogens is 4. The van der Waals surface area contributed by atoms with Crippen molar-refractivity contribution in [1.29, 1.82) is 0 Å². The normalized spacial score (nSPS) is 11.2. The molecular weight excluding hydrogens is 376 g/mol. The molecule has 0 spiro atoms. The Morgan fingerprint density at radius 3 is 2.42 bits per heavy atom. The van der Waals surface area contributed by atoms with Gasteiger partial charge in [-0.05, 0) is 24.6 Å². The maximum atomic E-state index is 12.5. The van der Waals surface area contributed by atoms with Gasteiger partial charge in [-0.25, -0.2) is 9.48 Å². The molecule has 126 valence electrons. The lowest BCUT2D eigenvalue weighted by Crippen LogP contribution is -2.36. The van der Waals surface area contributed by atoms with Crippen molar-refractivity contribution in [2.75, 3.05) is 6.61 Å². The Labute approximate surface area is 146 Å². The van der Waals surface area contributed by atoms with Crippen LogP contribution in [0.2, 0.25) is 0 Å². The molecule has 0 saturated heterocycles. The van der Waals surface area contributed by atoms with Gasteiger partial charge in [-0.2, -0.15) is 5.10 Å². The number of aryl methyl sites for hydroxylation is 1. The van der Waals surface area contributed by atoms with E-state index in [4.69, 9.17) is 4.74 Å². The lowest BCUT2D eigenvalue weighted by molar-refractivity contribution is 0.308. The topological polar surface area (TPSA) is 71.1 Å². The van der Waals surface area contributed by atoms with Crippen LogP contribution in [0.5, 0.6) is 5.88 Å². The van der Waals surface area contributed by atoms with Crippen LogP contribution in [-0.2, 0) is 20.6 Å². The third-order valence-electron chi connectivity index (χ3n) is 3.82. The zero-order valence-corrected chi connectivity index (χ0v) is 15.2. The molecule has 0 fully saturated rings. The summed E-state index contributed by atoms with van der Waals surface area (Å²) in [6.07, 6.45) is 0. The third kappa shape index (κ3) is 2.66. The number of hydrogen-bond acceptors (Lipinski definition) is 4. The highest BCUT2D eigenvalue weighted by Gasteiger charge is 2.20. The second-order valence-electron chi connectivity index (χ2n) is 5.43. The number of ether oxygens (including phenoxy) is 1. The Morgan fingerprint density at radius 2 is 1.79 bits per heavy atom. The molecule has 0 aliphatic rings. The first-order chi connectivity index (χ1) is 11.4. The zero-order chi connectivity index (χ0) is 17.4. The molecule has 0 atom stereocenters. The molecule has 0 aliphatic carbocycles. The van der Waals surface area contributed by atoms with Crippen LogP contribution in [-0.4, -0.2) is 25.5 Å². The number of benzene rings is 1. The highest BCUT2D eigenvalue weighted by molar-refractivity contribution is 9.10. The summed E-state index contributed by atoms with van der Waals surface area (Å²) in [5.74, 6) is 0.381. The van der Waals surface area contributed by atoms with Gasteiger partial charge in [0, 0.05) is 18.6 Å². The van der Waals surface area contributed by atoms with Gasteiger partial charge in [0.15, 0.2) is 5.65 Å². The molecule has 0 bridgehead atoms. The Hall–Kier alpha value is -2.35. The number of halogens is 1. The van der Waals surface area contributed by atoms with Crippen molar-refractivity contribution in [2.24, 2.45) is 14.1 Å². The predicted molar refractivity (Wildman–Crippen MR) is 94.6 cm³/mol. The molecule has 2 heterocycles. The summed E-state index contributed by atoms with van der Waals surface area (Å²) < 4.78 is 10.7. The van der Waals surface area contributed by atoms with Crippen LogP contribution in [0.4, 0.5) is 0 Å². The smallest absolute Gasteiger partial charge is 0.332 e. The summed E-state index contributed by atoms with van der Waals surface area (Å²) in [4.78, 5) is 24.6. The number of nitrogens with zero attached hydrogens (tertiary/aromatic N) is 4. The predicted octanol–water partition coefficient (Wildman–Crippen LogP) is 1.64. The first-order valence-electron chi connectivity index (χ1n) is 7.47. The molecule has 3 aromatic rings. The van der Waals surface area contributed by atoms with Gasteiger partial charge in [0.2, 0.25) is 5.88 Å². The number of hydrogen-bond donors (Lipinski definition) is 0. The fourth-order valence-electron chi connectivity index (χ4n) is 2.58. The van der Waals surface area contributed by atoms with Crippen LogP contribution in [0.3, 0.4) is 0 Å². The highest BCUT2D eigenvalue weighted by Crippen LogP contribution is 2.23. The van der Waals surface area contributed by atoms with E-state index in [1.165, 1.54) is 11.6 Å². The molecule has 0 aliphatic heterocycles. The van der Waals surface area contributed by atoms with Crippen molar-refractivity contribution in [3.63, 3.8) is 0 Å². The number of fused-ring (bicyclic) bond motifs is 1. The summed E-state index contributed by atoms with van der Waals surface area (Å²) >= 11 is 3.40. The van der Waals surface area contributed by atoms with E-state index >= 15 is 0 Å². The lowest BCUT2D eigenvalue weighted by Gasteiger charge is -2.08. The Morgan fingerprint density at radius 1 is 1.12 bits per heavy atom. The van der Waals surface area contributed by atoms with Gasteiger partial charge < -0.3 is 4.74 Å².